The largest absolute Gasteiger partial charge is 0.495 e. The van der Waals surface area contributed by atoms with Crippen LogP contribution in [0.4, 0.5) is 62.7 Å². The first-order chi connectivity index (χ1) is 21.0. The quantitative estimate of drug-likeness (QED) is 0.141. The van der Waals surface area contributed by atoms with Gasteiger partial charge in [-0.1, -0.05) is 18.2 Å². The average molecular weight is 687 g/mol. The summed E-state index contributed by atoms with van der Waals surface area (Å²) in [5.74, 6) is -2.39. The molecular weight excluding hydrogens is 664 g/mol. The zero-order valence-electron chi connectivity index (χ0n) is 23.5. The van der Waals surface area contributed by atoms with Gasteiger partial charge in [-0.3, -0.25) is 9.36 Å². The molecule has 10 nitrogen and oxygen atoms in total. The second-order valence-corrected chi connectivity index (χ2v) is 12.2. The highest BCUT2D eigenvalue weighted by Crippen LogP contribution is 2.65. The van der Waals surface area contributed by atoms with Gasteiger partial charge >= 0.3 is 26.1 Å². The van der Waals surface area contributed by atoms with E-state index >= 15 is 0 Å². The number of rotatable bonds is 9. The van der Waals surface area contributed by atoms with Crippen LogP contribution in [0, 0.1) is 0 Å². The Morgan fingerprint density at radius 1 is 0.957 bits per heavy atom. The highest BCUT2D eigenvalue weighted by atomic mass is 31.2. The number of methoxy groups -OCH3 is 1. The van der Waals surface area contributed by atoms with Crippen LogP contribution in [0.5, 0.6) is 5.75 Å². The summed E-state index contributed by atoms with van der Waals surface area (Å²) in [5.41, 5.74) is -2.08. The molecule has 0 unspecified atom stereocenters. The highest BCUT2D eigenvalue weighted by molar-refractivity contribution is 7.53. The Hall–Kier alpha value is -4.09. The first-order valence-electron chi connectivity index (χ1n) is 12.8. The number of carbonyl (C=O) groups is 1. The molecular formula is C26H23F9N5O5P. The SMILES string of the molecule is COc1cc(C(CC(F)(F)F)(CC(F)(F)F)P(=O)(O)O)ccc1Nc1ncc(C(F)(F)F)c(Nc2cccc3c2C(=O)N(C)C3)n1. The Labute approximate surface area is 253 Å². The number of halogens is 9. The number of ether oxygens (including phenoxy) is 1. The number of nitrogens with zero attached hydrogens (tertiary/aromatic N) is 3. The third-order valence-electron chi connectivity index (χ3n) is 6.99. The van der Waals surface area contributed by atoms with E-state index in [0.717, 1.165) is 13.2 Å². The number of carbonyl (C=O) groups excluding carboxylic acids is 1. The molecule has 0 radical (unpaired) electrons. The molecule has 0 fully saturated rings. The fourth-order valence-electron chi connectivity index (χ4n) is 4.99. The standard InChI is InChI=1S/C26H23F9N5O5P/c1-40-10-13-4-3-5-17(19(13)21(40)41)37-20-15(26(33,34)35)9-36-22(39-20)38-16-7-6-14(8-18(16)45-2)23(46(42,43)44,11-24(27,28)29)12-25(30,31)32/h3-9H,10-12H2,1-2H3,(H2,42,43,44)(H2,36,37,38,39). The van der Waals surface area contributed by atoms with Crippen LogP contribution in [0.1, 0.15) is 39.9 Å². The number of anilines is 4. The topological polar surface area (TPSA) is 137 Å². The highest BCUT2D eigenvalue weighted by Gasteiger charge is 2.59. The van der Waals surface area contributed by atoms with Crippen LogP contribution >= 0.6 is 7.60 Å². The molecule has 1 amide bonds. The number of benzene rings is 2. The smallest absolute Gasteiger partial charge is 0.421 e. The summed E-state index contributed by atoms with van der Waals surface area (Å²) in [5, 5.41) is 1.13. The van der Waals surface area contributed by atoms with E-state index in [1.54, 1.807) is 6.07 Å². The van der Waals surface area contributed by atoms with Crippen LogP contribution in [0.25, 0.3) is 0 Å². The van der Waals surface area contributed by atoms with Crippen LogP contribution < -0.4 is 15.4 Å². The molecule has 1 aliphatic heterocycles. The van der Waals surface area contributed by atoms with Crippen LogP contribution in [0.3, 0.4) is 0 Å². The van der Waals surface area contributed by atoms with Gasteiger partial charge in [0.05, 0.1) is 36.9 Å². The van der Waals surface area contributed by atoms with E-state index in [0.29, 0.717) is 23.9 Å². The first kappa shape index (κ1) is 34.8. The normalized spacial score (nSPS) is 14.4. The molecule has 2 heterocycles. The third-order valence-corrected chi connectivity index (χ3v) is 8.68. The maximum atomic E-state index is 13.9. The number of fused-ring (bicyclic) bond motifs is 1. The van der Waals surface area contributed by atoms with Crippen molar-refractivity contribution in [3.63, 3.8) is 0 Å². The molecule has 0 spiro atoms. The second-order valence-electron chi connectivity index (χ2n) is 10.3. The van der Waals surface area contributed by atoms with E-state index in [4.69, 9.17) is 4.74 Å². The molecule has 4 rings (SSSR count). The molecule has 3 aromatic rings. The number of nitrogens with one attached hydrogen (secondary N) is 2. The van der Waals surface area contributed by atoms with Gasteiger partial charge in [0.2, 0.25) is 5.95 Å². The number of aromatic nitrogens is 2. The maximum Gasteiger partial charge on any atom is 0.421 e. The van der Waals surface area contributed by atoms with Crippen molar-refractivity contribution < 1.29 is 63.4 Å². The summed E-state index contributed by atoms with van der Waals surface area (Å²) >= 11 is 0. The van der Waals surface area contributed by atoms with Gasteiger partial charge in [0, 0.05) is 19.8 Å². The summed E-state index contributed by atoms with van der Waals surface area (Å²) < 4.78 is 140. The number of amides is 1. The Morgan fingerprint density at radius 3 is 2.13 bits per heavy atom. The molecule has 0 bridgehead atoms. The van der Waals surface area contributed by atoms with Crippen LogP contribution in [-0.2, 0) is 22.4 Å². The van der Waals surface area contributed by atoms with Crippen molar-refractivity contribution in [2.75, 3.05) is 24.8 Å². The number of alkyl halides is 9. The van der Waals surface area contributed by atoms with Crippen molar-refractivity contribution in [2.45, 2.75) is 43.1 Å². The Kier molecular flexibility index (Phi) is 9.02. The lowest BCUT2D eigenvalue weighted by atomic mass is 9.90. The summed E-state index contributed by atoms with van der Waals surface area (Å²) in [6, 6.07) is 6.39. The molecule has 1 aliphatic rings. The molecule has 20 heteroatoms. The lowest BCUT2D eigenvalue weighted by molar-refractivity contribution is -0.171. The molecule has 1 aromatic heterocycles. The average Bonchev–Trinajstić information content (AvgIpc) is 3.19. The summed E-state index contributed by atoms with van der Waals surface area (Å²) in [6.07, 6.45) is -20.6. The zero-order chi connectivity index (χ0) is 34.5. The first-order valence-corrected chi connectivity index (χ1v) is 14.4. The van der Waals surface area contributed by atoms with Crippen molar-refractivity contribution in [3.05, 3.63) is 64.8 Å². The molecule has 250 valence electrons. The Bertz CT molecular complexity index is 1680. The van der Waals surface area contributed by atoms with Gasteiger partial charge in [0.1, 0.15) is 22.3 Å². The molecule has 0 aliphatic carbocycles. The number of hydrogen-bond donors (Lipinski definition) is 4. The molecule has 2 aromatic carbocycles. The molecule has 0 saturated carbocycles. The van der Waals surface area contributed by atoms with Crippen LogP contribution in [0.2, 0.25) is 0 Å². The Balaban J connectivity index is 1.78. The molecule has 4 N–H and O–H groups in total. The second kappa shape index (κ2) is 11.9. The van der Waals surface area contributed by atoms with Crippen LogP contribution in [-0.4, -0.2) is 57.1 Å². The van der Waals surface area contributed by atoms with Gasteiger partial charge < -0.3 is 30.1 Å². The Morgan fingerprint density at radius 2 is 1.59 bits per heavy atom. The van der Waals surface area contributed by atoms with Crippen LogP contribution in [0.15, 0.2) is 42.6 Å². The van der Waals surface area contributed by atoms with Crippen molar-refractivity contribution in [1.29, 1.82) is 0 Å². The summed E-state index contributed by atoms with van der Waals surface area (Å²) in [4.78, 5) is 41.0. The zero-order valence-corrected chi connectivity index (χ0v) is 24.4. The third kappa shape index (κ3) is 7.31. The predicted octanol–water partition coefficient (Wildman–Crippen LogP) is 6.85. The van der Waals surface area contributed by atoms with Crippen molar-refractivity contribution in [2.24, 2.45) is 0 Å². The van der Waals surface area contributed by atoms with E-state index < -0.39 is 78.7 Å². The molecule has 0 saturated heterocycles. The van der Waals surface area contributed by atoms with Gasteiger partial charge in [0.25, 0.3) is 5.91 Å². The van der Waals surface area contributed by atoms with E-state index in [-0.39, 0.29) is 23.5 Å². The minimum absolute atomic E-state index is 0.00737. The van der Waals surface area contributed by atoms with Gasteiger partial charge in [-0.15, -0.1) is 0 Å². The van der Waals surface area contributed by atoms with Gasteiger partial charge in [-0.25, -0.2) is 4.98 Å². The lowest BCUT2D eigenvalue weighted by Gasteiger charge is -2.36. The van der Waals surface area contributed by atoms with E-state index in [2.05, 4.69) is 20.6 Å². The monoisotopic (exact) mass is 687 g/mol. The van der Waals surface area contributed by atoms with E-state index in [9.17, 15) is 58.7 Å². The van der Waals surface area contributed by atoms with E-state index in [1.807, 2.05) is 0 Å². The fourth-order valence-corrected chi connectivity index (χ4v) is 6.23. The number of hydrogen-bond acceptors (Lipinski definition) is 7. The van der Waals surface area contributed by atoms with Gasteiger partial charge in [0.15, 0.2) is 0 Å². The fraction of sp³-hybridized carbons (Fsp3) is 0.346. The summed E-state index contributed by atoms with van der Waals surface area (Å²) in [7, 11) is -3.76. The molecule has 46 heavy (non-hydrogen) atoms. The lowest BCUT2D eigenvalue weighted by Crippen LogP contribution is -2.37. The molecule has 0 atom stereocenters. The summed E-state index contributed by atoms with van der Waals surface area (Å²) in [6.45, 7) is 0.206. The van der Waals surface area contributed by atoms with Gasteiger partial charge in [-0.2, -0.15) is 44.5 Å². The van der Waals surface area contributed by atoms with Gasteiger partial charge in [-0.05, 0) is 29.3 Å². The van der Waals surface area contributed by atoms with E-state index in [1.165, 1.54) is 24.1 Å². The predicted molar refractivity (Wildman–Crippen MR) is 144 cm³/mol. The van der Waals surface area contributed by atoms with Crippen molar-refractivity contribution in [1.82, 2.24) is 14.9 Å². The minimum Gasteiger partial charge on any atom is -0.495 e. The minimum atomic E-state index is -6.19. The van der Waals surface area contributed by atoms with Crippen molar-refractivity contribution in [3.8, 4) is 5.75 Å². The van der Waals surface area contributed by atoms with Crippen molar-refractivity contribution >= 4 is 36.6 Å². The maximum absolute atomic E-state index is 13.9.